The number of carbonyl (C=O) groups excluding carboxylic acids is 1. The third kappa shape index (κ3) is 3.14. The van der Waals surface area contributed by atoms with Crippen LogP contribution in [0.3, 0.4) is 0 Å². The van der Waals surface area contributed by atoms with Crippen LogP contribution >= 0.6 is 0 Å². The lowest BCUT2D eigenvalue weighted by molar-refractivity contribution is -0.385. The molecular weight excluding hydrogens is 198 g/mol. The summed E-state index contributed by atoms with van der Waals surface area (Å²) in [6.07, 6.45) is -0.997. The van der Waals surface area contributed by atoms with Crippen molar-refractivity contribution in [3.05, 3.63) is 39.9 Å². The maximum Gasteiger partial charge on any atom is 0.269 e. The van der Waals surface area contributed by atoms with Crippen molar-refractivity contribution < 1.29 is 14.8 Å². The highest BCUT2D eigenvalue weighted by Gasteiger charge is 2.13. The second kappa shape index (κ2) is 4.65. The second-order valence-electron chi connectivity index (χ2n) is 3.27. The zero-order chi connectivity index (χ0) is 11.4. The molecule has 1 rings (SSSR count). The summed E-state index contributed by atoms with van der Waals surface area (Å²) >= 11 is 0. The SMILES string of the molecule is CC(=O)C[C@H](O)c1cccc([N+](=O)[O-])c1. The van der Waals surface area contributed by atoms with Crippen LogP contribution in [0.4, 0.5) is 5.69 Å². The molecule has 80 valence electrons. The number of rotatable bonds is 4. The first-order chi connectivity index (χ1) is 7.00. The van der Waals surface area contributed by atoms with Crippen LogP contribution in [-0.4, -0.2) is 15.8 Å². The number of ketones is 1. The molecule has 0 amide bonds. The summed E-state index contributed by atoms with van der Waals surface area (Å²) in [4.78, 5) is 20.7. The molecule has 0 aromatic heterocycles. The van der Waals surface area contributed by atoms with Crippen molar-refractivity contribution in [3.63, 3.8) is 0 Å². The first-order valence-corrected chi connectivity index (χ1v) is 4.42. The van der Waals surface area contributed by atoms with Crippen molar-refractivity contribution in [2.75, 3.05) is 0 Å². The van der Waals surface area contributed by atoms with Crippen LogP contribution in [-0.2, 0) is 4.79 Å². The van der Waals surface area contributed by atoms with Crippen LogP contribution in [0.2, 0.25) is 0 Å². The molecule has 1 aromatic carbocycles. The van der Waals surface area contributed by atoms with Gasteiger partial charge in [-0.25, -0.2) is 0 Å². The van der Waals surface area contributed by atoms with E-state index in [1.165, 1.54) is 25.1 Å². The van der Waals surface area contributed by atoms with Gasteiger partial charge in [-0.1, -0.05) is 12.1 Å². The number of non-ortho nitro benzene ring substituents is 1. The maximum atomic E-state index is 10.8. The molecule has 0 unspecified atom stereocenters. The number of hydrogen-bond donors (Lipinski definition) is 1. The van der Waals surface area contributed by atoms with Gasteiger partial charge in [0.15, 0.2) is 0 Å². The van der Waals surface area contributed by atoms with Crippen LogP contribution in [0.5, 0.6) is 0 Å². The average molecular weight is 209 g/mol. The molecule has 0 spiro atoms. The van der Waals surface area contributed by atoms with Gasteiger partial charge in [-0.3, -0.25) is 14.9 Å². The highest BCUT2D eigenvalue weighted by Crippen LogP contribution is 2.21. The summed E-state index contributed by atoms with van der Waals surface area (Å²) in [7, 11) is 0. The second-order valence-corrected chi connectivity index (χ2v) is 3.27. The third-order valence-corrected chi connectivity index (χ3v) is 1.95. The summed E-state index contributed by atoms with van der Waals surface area (Å²) in [6.45, 7) is 1.36. The van der Waals surface area contributed by atoms with Crippen LogP contribution in [0.15, 0.2) is 24.3 Å². The molecule has 0 bridgehead atoms. The quantitative estimate of drug-likeness (QED) is 0.603. The topological polar surface area (TPSA) is 80.4 Å². The number of nitro benzene ring substituents is 1. The predicted molar refractivity (Wildman–Crippen MR) is 53.4 cm³/mol. The number of nitrogens with zero attached hydrogens (tertiary/aromatic N) is 1. The van der Waals surface area contributed by atoms with E-state index in [1.807, 2.05) is 0 Å². The molecule has 0 saturated carbocycles. The molecule has 0 fully saturated rings. The van der Waals surface area contributed by atoms with E-state index >= 15 is 0 Å². The van der Waals surface area contributed by atoms with Crippen LogP contribution in [0, 0.1) is 10.1 Å². The van der Waals surface area contributed by atoms with E-state index in [-0.39, 0.29) is 17.9 Å². The van der Waals surface area contributed by atoms with Crippen molar-refractivity contribution in [1.82, 2.24) is 0 Å². The Bertz CT molecular complexity index is 389. The number of hydrogen-bond acceptors (Lipinski definition) is 4. The Labute approximate surface area is 86.5 Å². The van der Waals surface area contributed by atoms with E-state index in [4.69, 9.17) is 0 Å². The minimum Gasteiger partial charge on any atom is -0.388 e. The van der Waals surface area contributed by atoms with Gasteiger partial charge in [0.2, 0.25) is 0 Å². The number of Topliss-reactive ketones (excluding diaryl/α,β-unsaturated/α-hetero) is 1. The highest BCUT2D eigenvalue weighted by atomic mass is 16.6. The molecule has 15 heavy (non-hydrogen) atoms. The van der Waals surface area contributed by atoms with Crippen molar-refractivity contribution in [1.29, 1.82) is 0 Å². The van der Waals surface area contributed by atoms with E-state index in [9.17, 15) is 20.0 Å². The molecule has 5 heteroatoms. The van der Waals surface area contributed by atoms with Crippen LogP contribution in [0.1, 0.15) is 25.0 Å². The van der Waals surface area contributed by atoms with Gasteiger partial charge in [0.05, 0.1) is 11.0 Å². The van der Waals surface area contributed by atoms with Gasteiger partial charge in [-0.05, 0) is 12.5 Å². The number of carbonyl (C=O) groups is 1. The van der Waals surface area contributed by atoms with E-state index in [1.54, 1.807) is 6.07 Å². The van der Waals surface area contributed by atoms with Crippen LogP contribution in [0.25, 0.3) is 0 Å². The summed E-state index contributed by atoms with van der Waals surface area (Å²) in [6, 6.07) is 5.65. The van der Waals surface area contributed by atoms with E-state index in [0.717, 1.165) is 0 Å². The average Bonchev–Trinajstić information content (AvgIpc) is 2.17. The molecule has 0 saturated heterocycles. The van der Waals surface area contributed by atoms with E-state index in [2.05, 4.69) is 0 Å². The Morgan fingerprint density at radius 1 is 1.60 bits per heavy atom. The lowest BCUT2D eigenvalue weighted by Gasteiger charge is -2.07. The van der Waals surface area contributed by atoms with Crippen LogP contribution < -0.4 is 0 Å². The smallest absolute Gasteiger partial charge is 0.269 e. The molecule has 0 heterocycles. The van der Waals surface area contributed by atoms with Crippen molar-refractivity contribution in [2.45, 2.75) is 19.4 Å². The van der Waals surface area contributed by atoms with Crippen molar-refractivity contribution in [2.24, 2.45) is 0 Å². The minimum atomic E-state index is -0.970. The lowest BCUT2D eigenvalue weighted by atomic mass is 10.0. The normalized spacial score (nSPS) is 12.1. The highest BCUT2D eigenvalue weighted by molar-refractivity contribution is 5.76. The Balaban J connectivity index is 2.89. The first kappa shape index (κ1) is 11.3. The summed E-state index contributed by atoms with van der Waals surface area (Å²) in [5, 5.41) is 20.0. The Morgan fingerprint density at radius 2 is 2.27 bits per heavy atom. The zero-order valence-corrected chi connectivity index (χ0v) is 8.21. The summed E-state index contributed by atoms with van der Waals surface area (Å²) in [5.74, 6) is -0.158. The molecule has 5 nitrogen and oxygen atoms in total. The zero-order valence-electron chi connectivity index (χ0n) is 8.21. The van der Waals surface area contributed by atoms with Gasteiger partial charge in [0.25, 0.3) is 5.69 Å². The van der Waals surface area contributed by atoms with E-state index < -0.39 is 11.0 Å². The van der Waals surface area contributed by atoms with E-state index in [0.29, 0.717) is 5.56 Å². The fraction of sp³-hybridized carbons (Fsp3) is 0.300. The molecule has 1 atom stereocenters. The molecular formula is C10H11NO4. The van der Waals surface area contributed by atoms with Gasteiger partial charge < -0.3 is 5.11 Å². The first-order valence-electron chi connectivity index (χ1n) is 4.42. The maximum absolute atomic E-state index is 10.8. The summed E-state index contributed by atoms with van der Waals surface area (Å²) < 4.78 is 0. The molecule has 0 aliphatic carbocycles. The van der Waals surface area contributed by atoms with Gasteiger partial charge in [-0.15, -0.1) is 0 Å². The fourth-order valence-electron chi connectivity index (χ4n) is 1.24. The largest absolute Gasteiger partial charge is 0.388 e. The van der Waals surface area contributed by atoms with Gasteiger partial charge in [-0.2, -0.15) is 0 Å². The number of nitro groups is 1. The molecule has 0 aliphatic heterocycles. The number of aliphatic hydroxyl groups is 1. The Kier molecular flexibility index (Phi) is 3.51. The fourth-order valence-corrected chi connectivity index (χ4v) is 1.24. The molecule has 0 radical (unpaired) electrons. The molecule has 0 aliphatic rings. The number of aliphatic hydroxyl groups excluding tert-OH is 1. The molecule has 1 N–H and O–H groups in total. The number of benzene rings is 1. The lowest BCUT2D eigenvalue weighted by Crippen LogP contribution is -2.03. The van der Waals surface area contributed by atoms with Gasteiger partial charge >= 0.3 is 0 Å². The van der Waals surface area contributed by atoms with Crippen molar-refractivity contribution >= 4 is 11.5 Å². The van der Waals surface area contributed by atoms with Gasteiger partial charge in [0, 0.05) is 18.6 Å². The van der Waals surface area contributed by atoms with Crippen molar-refractivity contribution in [3.8, 4) is 0 Å². The third-order valence-electron chi connectivity index (χ3n) is 1.95. The van der Waals surface area contributed by atoms with Gasteiger partial charge in [0.1, 0.15) is 5.78 Å². The Hall–Kier alpha value is -1.75. The monoisotopic (exact) mass is 209 g/mol. The predicted octanol–water partition coefficient (Wildman–Crippen LogP) is 1.61. The molecule has 1 aromatic rings. The summed E-state index contributed by atoms with van der Waals surface area (Å²) in [5.41, 5.74) is 0.300. The minimum absolute atomic E-state index is 0.0266. The Morgan fingerprint density at radius 3 is 2.80 bits per heavy atom. The standard InChI is InChI=1S/C10H11NO4/c1-7(12)5-10(13)8-3-2-4-9(6-8)11(14)15/h2-4,6,10,13H,5H2,1H3/t10-/m0/s1.